The zero-order valence-corrected chi connectivity index (χ0v) is 6.20. The van der Waals surface area contributed by atoms with Crippen molar-refractivity contribution in [2.45, 2.75) is 19.0 Å². The molecule has 1 aromatic rings. The molecule has 1 aromatic heterocycles. The third-order valence-electron chi connectivity index (χ3n) is 1.63. The monoisotopic (exact) mass is 157 g/mol. The first kappa shape index (κ1) is 6.19. The first-order chi connectivity index (χ1) is 4.90. The maximum Gasteiger partial charge on any atom is 0.121 e. The van der Waals surface area contributed by atoms with Gasteiger partial charge < -0.3 is 10.3 Å². The highest BCUT2D eigenvalue weighted by Crippen LogP contribution is 2.12. The number of alkyl halides is 1. The van der Waals surface area contributed by atoms with E-state index in [1.54, 1.807) is 0 Å². The van der Waals surface area contributed by atoms with Crippen LogP contribution in [0.2, 0.25) is 0 Å². The fourth-order valence-corrected chi connectivity index (χ4v) is 1.29. The lowest BCUT2D eigenvalue weighted by Gasteiger charge is -1.88. The van der Waals surface area contributed by atoms with Crippen molar-refractivity contribution in [2.75, 3.05) is 0 Å². The molecule has 2 heterocycles. The Morgan fingerprint density at radius 1 is 1.50 bits per heavy atom. The van der Waals surface area contributed by atoms with Gasteiger partial charge in [0.15, 0.2) is 0 Å². The van der Waals surface area contributed by atoms with E-state index in [9.17, 15) is 0 Å². The summed E-state index contributed by atoms with van der Waals surface area (Å²) >= 11 is 5.58. The van der Waals surface area contributed by atoms with Crippen LogP contribution in [0.15, 0.2) is 0 Å². The number of imidazole rings is 1. The predicted molar refractivity (Wildman–Crippen MR) is 38.7 cm³/mol. The van der Waals surface area contributed by atoms with Crippen molar-refractivity contribution in [3.63, 3.8) is 0 Å². The highest BCUT2D eigenvalue weighted by atomic mass is 35.5. The Kier molecular flexibility index (Phi) is 1.39. The maximum absolute atomic E-state index is 5.58. The number of fused-ring (bicyclic) bond motifs is 1. The number of nitrogens with one attached hydrogen (secondary N) is 2. The third kappa shape index (κ3) is 0.822. The van der Waals surface area contributed by atoms with Gasteiger partial charge in [0.05, 0.1) is 17.3 Å². The topological polar surface area (TPSA) is 40.7 Å². The second-order valence-corrected chi connectivity index (χ2v) is 2.61. The molecule has 0 unspecified atom stereocenters. The van der Waals surface area contributed by atoms with Gasteiger partial charge in [-0.1, -0.05) is 0 Å². The normalized spacial score (nSPS) is 15.7. The molecule has 3 nitrogen and oxygen atoms in total. The highest BCUT2D eigenvalue weighted by molar-refractivity contribution is 6.16. The molecule has 0 aliphatic carbocycles. The van der Waals surface area contributed by atoms with Gasteiger partial charge in [-0.25, -0.2) is 4.98 Å². The zero-order valence-electron chi connectivity index (χ0n) is 5.45. The SMILES string of the molecule is ClCc1nc2c([nH]1)CNC2. The summed E-state index contributed by atoms with van der Waals surface area (Å²) in [4.78, 5) is 7.40. The molecule has 0 spiro atoms. The fraction of sp³-hybridized carbons (Fsp3) is 0.500. The smallest absolute Gasteiger partial charge is 0.121 e. The number of hydrogen-bond acceptors (Lipinski definition) is 2. The molecule has 4 heteroatoms. The first-order valence-corrected chi connectivity index (χ1v) is 3.77. The molecule has 0 aromatic carbocycles. The summed E-state index contributed by atoms with van der Waals surface area (Å²) in [6.07, 6.45) is 0. The molecule has 54 valence electrons. The van der Waals surface area contributed by atoms with Gasteiger partial charge in [0, 0.05) is 13.1 Å². The van der Waals surface area contributed by atoms with Crippen LogP contribution < -0.4 is 5.32 Å². The number of nitrogens with zero attached hydrogens (tertiary/aromatic N) is 1. The zero-order chi connectivity index (χ0) is 6.97. The molecule has 0 amide bonds. The van der Waals surface area contributed by atoms with Crippen molar-refractivity contribution in [1.29, 1.82) is 0 Å². The Bertz CT molecular complexity index is 222. The average Bonchev–Trinajstić information content (AvgIpc) is 2.42. The van der Waals surface area contributed by atoms with Crippen molar-refractivity contribution in [3.8, 4) is 0 Å². The molecule has 1 aliphatic rings. The number of aromatic amines is 1. The van der Waals surface area contributed by atoms with Crippen LogP contribution >= 0.6 is 11.6 Å². The first-order valence-electron chi connectivity index (χ1n) is 3.23. The number of aromatic nitrogens is 2. The molecular formula is C6H8ClN3. The number of halogens is 1. The third-order valence-corrected chi connectivity index (χ3v) is 1.89. The van der Waals surface area contributed by atoms with Gasteiger partial charge in [-0.2, -0.15) is 0 Å². The molecule has 2 rings (SSSR count). The van der Waals surface area contributed by atoms with Gasteiger partial charge in [-0.15, -0.1) is 11.6 Å². The van der Waals surface area contributed by atoms with Gasteiger partial charge in [-0.3, -0.25) is 0 Å². The molecule has 2 N–H and O–H groups in total. The standard InChI is InChI=1S/C6H8ClN3/c7-1-6-9-4-2-8-3-5(4)10-6/h8H,1-3H2,(H,9,10). The molecule has 0 radical (unpaired) electrons. The van der Waals surface area contributed by atoms with Crippen LogP contribution in [0.4, 0.5) is 0 Å². The summed E-state index contributed by atoms with van der Waals surface area (Å²) < 4.78 is 0. The van der Waals surface area contributed by atoms with E-state index in [2.05, 4.69) is 15.3 Å². The molecule has 0 saturated heterocycles. The van der Waals surface area contributed by atoms with E-state index >= 15 is 0 Å². The van der Waals surface area contributed by atoms with Crippen LogP contribution in [-0.2, 0) is 19.0 Å². The van der Waals surface area contributed by atoms with Crippen molar-refractivity contribution >= 4 is 11.6 Å². The van der Waals surface area contributed by atoms with E-state index in [1.807, 2.05) is 0 Å². The Morgan fingerprint density at radius 3 is 3.10 bits per heavy atom. The van der Waals surface area contributed by atoms with E-state index in [1.165, 1.54) is 5.69 Å². The molecule has 0 atom stereocenters. The van der Waals surface area contributed by atoms with Crippen molar-refractivity contribution in [3.05, 3.63) is 17.2 Å². The van der Waals surface area contributed by atoms with Crippen LogP contribution in [0, 0.1) is 0 Å². The number of rotatable bonds is 1. The average molecular weight is 158 g/mol. The minimum Gasteiger partial charge on any atom is -0.344 e. The van der Waals surface area contributed by atoms with E-state index in [4.69, 9.17) is 11.6 Å². The predicted octanol–water partition coefficient (Wildman–Crippen LogP) is 0.752. The van der Waals surface area contributed by atoms with Crippen LogP contribution in [0.3, 0.4) is 0 Å². The Hall–Kier alpha value is -0.540. The van der Waals surface area contributed by atoms with Gasteiger partial charge >= 0.3 is 0 Å². The van der Waals surface area contributed by atoms with Crippen molar-refractivity contribution in [2.24, 2.45) is 0 Å². The minimum absolute atomic E-state index is 0.479. The van der Waals surface area contributed by atoms with Gasteiger partial charge in [0.2, 0.25) is 0 Å². The van der Waals surface area contributed by atoms with E-state index < -0.39 is 0 Å². The Morgan fingerprint density at radius 2 is 2.40 bits per heavy atom. The molecule has 0 saturated carbocycles. The number of hydrogen-bond donors (Lipinski definition) is 2. The van der Waals surface area contributed by atoms with Crippen LogP contribution in [0.5, 0.6) is 0 Å². The largest absolute Gasteiger partial charge is 0.344 e. The summed E-state index contributed by atoms with van der Waals surface area (Å²) in [6.45, 7) is 1.78. The van der Waals surface area contributed by atoms with Gasteiger partial charge in [0.1, 0.15) is 5.82 Å². The summed E-state index contributed by atoms with van der Waals surface area (Å²) in [6, 6.07) is 0. The van der Waals surface area contributed by atoms with E-state index in [0.29, 0.717) is 5.88 Å². The lowest BCUT2D eigenvalue weighted by molar-refractivity contribution is 0.738. The molecule has 10 heavy (non-hydrogen) atoms. The lowest BCUT2D eigenvalue weighted by Crippen LogP contribution is -2.03. The Labute approximate surface area is 63.8 Å². The van der Waals surface area contributed by atoms with Gasteiger partial charge in [-0.05, 0) is 0 Å². The highest BCUT2D eigenvalue weighted by Gasteiger charge is 2.13. The van der Waals surface area contributed by atoms with Crippen LogP contribution in [0.1, 0.15) is 17.2 Å². The Balaban J connectivity index is 2.37. The maximum atomic E-state index is 5.58. The quantitative estimate of drug-likeness (QED) is 0.591. The van der Waals surface area contributed by atoms with Crippen LogP contribution in [0.25, 0.3) is 0 Å². The molecule has 1 aliphatic heterocycles. The second-order valence-electron chi connectivity index (χ2n) is 2.35. The summed E-state index contributed by atoms with van der Waals surface area (Å²) in [5, 5.41) is 3.18. The van der Waals surface area contributed by atoms with Crippen molar-refractivity contribution in [1.82, 2.24) is 15.3 Å². The number of H-pyrrole nitrogens is 1. The van der Waals surface area contributed by atoms with E-state index in [0.717, 1.165) is 24.6 Å². The fourth-order valence-electron chi connectivity index (χ4n) is 1.17. The molecule has 0 bridgehead atoms. The van der Waals surface area contributed by atoms with Crippen LogP contribution in [-0.4, -0.2) is 9.97 Å². The van der Waals surface area contributed by atoms with Gasteiger partial charge in [0.25, 0.3) is 0 Å². The van der Waals surface area contributed by atoms with Crippen molar-refractivity contribution < 1.29 is 0 Å². The summed E-state index contributed by atoms with van der Waals surface area (Å²) in [5.41, 5.74) is 2.31. The summed E-state index contributed by atoms with van der Waals surface area (Å²) in [5.74, 6) is 1.36. The lowest BCUT2D eigenvalue weighted by atomic mass is 10.4. The minimum atomic E-state index is 0.479. The molecule has 0 fully saturated rings. The summed E-state index contributed by atoms with van der Waals surface area (Å²) in [7, 11) is 0. The molecular weight excluding hydrogens is 150 g/mol. The second kappa shape index (κ2) is 2.25. The van der Waals surface area contributed by atoms with E-state index in [-0.39, 0.29) is 0 Å².